The summed E-state index contributed by atoms with van der Waals surface area (Å²) in [5.41, 5.74) is 17.6. The number of hydrogen-bond donors (Lipinski definition) is 0. The van der Waals surface area contributed by atoms with Crippen LogP contribution in [0, 0.1) is 0 Å². The monoisotopic (exact) mass is 805 g/mol. The van der Waals surface area contributed by atoms with E-state index >= 15 is 0 Å². The maximum atomic E-state index is 5.26. The lowest BCUT2D eigenvalue weighted by Gasteiger charge is -2.30. The van der Waals surface area contributed by atoms with E-state index in [1.165, 1.54) is 70.2 Å². The summed E-state index contributed by atoms with van der Waals surface area (Å²) in [5.74, 6) is 1.94. The molecule has 2 heterocycles. The minimum atomic E-state index is -0.410. The zero-order chi connectivity index (χ0) is 40.8. The van der Waals surface area contributed by atoms with Crippen molar-refractivity contribution in [3.63, 3.8) is 0 Å². The van der Waals surface area contributed by atoms with Crippen molar-refractivity contribution in [3.8, 4) is 78.7 Å². The number of fused-ring (bicyclic) bond motifs is 13. The molecular weight excluding hydrogens is 771 g/mol. The largest absolute Gasteiger partial charge is 0.208 e. The highest BCUT2D eigenvalue weighted by Gasteiger charge is 2.51. The predicted molar refractivity (Wildman–Crippen MR) is 256 cm³/mol. The Balaban J connectivity index is 1.04. The first-order valence-corrected chi connectivity index (χ1v) is 21.9. The third kappa shape index (κ3) is 5.08. The highest BCUT2D eigenvalue weighted by Crippen LogP contribution is 2.63. The summed E-state index contributed by atoms with van der Waals surface area (Å²) < 4.78 is 2.48. The summed E-state index contributed by atoms with van der Waals surface area (Å²) in [6.45, 7) is 0. The van der Waals surface area contributed by atoms with Gasteiger partial charge in [-0.05, 0) is 91.5 Å². The molecule has 3 nitrogen and oxygen atoms in total. The summed E-state index contributed by atoms with van der Waals surface area (Å²) in [6, 6.07) is 76.9. The summed E-state index contributed by atoms with van der Waals surface area (Å²) in [6.07, 6.45) is 0. The van der Waals surface area contributed by atoms with Crippen molar-refractivity contribution in [2.45, 2.75) is 5.41 Å². The minimum absolute atomic E-state index is 0.410. The van der Waals surface area contributed by atoms with Gasteiger partial charge in [0.15, 0.2) is 17.5 Å². The Bertz CT molecular complexity index is 3470. The summed E-state index contributed by atoms with van der Waals surface area (Å²) in [5, 5.41) is 2.44. The zero-order valence-corrected chi connectivity index (χ0v) is 34.3. The lowest BCUT2D eigenvalue weighted by molar-refractivity contribution is 0.794. The van der Waals surface area contributed by atoms with Crippen molar-refractivity contribution >= 4 is 31.5 Å². The first-order chi connectivity index (χ1) is 30.7. The molecule has 11 aromatic rings. The van der Waals surface area contributed by atoms with E-state index in [0.717, 1.165) is 33.4 Å². The Morgan fingerprint density at radius 1 is 0.306 bits per heavy atom. The van der Waals surface area contributed by atoms with E-state index in [9.17, 15) is 0 Å². The molecule has 0 fully saturated rings. The highest BCUT2D eigenvalue weighted by atomic mass is 32.1. The normalized spacial score (nSPS) is 13.0. The van der Waals surface area contributed by atoms with E-state index in [1.807, 2.05) is 47.7 Å². The number of hydrogen-bond acceptors (Lipinski definition) is 4. The molecule has 0 saturated carbocycles. The van der Waals surface area contributed by atoms with Crippen molar-refractivity contribution in [1.29, 1.82) is 0 Å². The van der Waals surface area contributed by atoms with Gasteiger partial charge in [0.25, 0.3) is 0 Å². The van der Waals surface area contributed by atoms with Gasteiger partial charge in [-0.15, -0.1) is 11.3 Å². The van der Waals surface area contributed by atoms with Crippen molar-refractivity contribution in [2.24, 2.45) is 0 Å². The fourth-order valence-corrected chi connectivity index (χ4v) is 11.5. The Morgan fingerprint density at radius 2 is 0.790 bits per heavy atom. The standard InChI is InChI=1S/C58H35N3S/c1-3-16-36(17-4-1)55-59-56(37-18-5-2-6-19-37)61-57(60-55)46-32-33-52-54(45-25-10-14-29-51(45)62-52)53(46)40-21-15-20-38(34-40)39-30-31-44-43-24-9-13-28-49(43)58(50(44)35-39)47-26-11-7-22-41(47)42-23-8-12-27-48(42)58/h1-35H. The van der Waals surface area contributed by atoms with Gasteiger partial charge >= 0.3 is 0 Å². The molecule has 2 aromatic heterocycles. The van der Waals surface area contributed by atoms with E-state index in [2.05, 4.69) is 176 Å². The molecular formula is C58H35N3S. The molecule has 1 spiro atoms. The number of thiophene rings is 1. The van der Waals surface area contributed by atoms with E-state index in [4.69, 9.17) is 15.0 Å². The molecule has 4 heteroatoms. The van der Waals surface area contributed by atoms with Crippen LogP contribution in [0.5, 0.6) is 0 Å². The second-order valence-electron chi connectivity index (χ2n) is 16.2. The molecule has 0 bridgehead atoms. The molecule has 0 atom stereocenters. The number of rotatable bonds is 5. The van der Waals surface area contributed by atoms with Crippen LogP contribution in [-0.2, 0) is 5.41 Å². The molecule has 0 N–H and O–H groups in total. The van der Waals surface area contributed by atoms with Crippen LogP contribution >= 0.6 is 11.3 Å². The van der Waals surface area contributed by atoms with Crippen LogP contribution in [-0.4, -0.2) is 15.0 Å². The van der Waals surface area contributed by atoms with E-state index < -0.39 is 5.41 Å². The van der Waals surface area contributed by atoms with Crippen LogP contribution in [0.3, 0.4) is 0 Å². The average Bonchev–Trinajstić information content (AvgIpc) is 3.98. The van der Waals surface area contributed by atoms with Gasteiger partial charge in [0.2, 0.25) is 0 Å². The smallest absolute Gasteiger partial charge is 0.164 e. The van der Waals surface area contributed by atoms with Crippen molar-refractivity contribution in [2.75, 3.05) is 0 Å². The maximum Gasteiger partial charge on any atom is 0.164 e. The quantitative estimate of drug-likeness (QED) is 0.174. The number of nitrogens with zero attached hydrogens (tertiary/aromatic N) is 3. The molecule has 0 saturated heterocycles. The molecule has 0 amide bonds. The topological polar surface area (TPSA) is 38.7 Å². The Hall–Kier alpha value is -7.79. The Morgan fingerprint density at radius 3 is 1.44 bits per heavy atom. The minimum Gasteiger partial charge on any atom is -0.208 e. The van der Waals surface area contributed by atoms with Crippen LogP contribution in [0.4, 0.5) is 0 Å². The first-order valence-electron chi connectivity index (χ1n) is 21.1. The third-order valence-corrected chi connectivity index (χ3v) is 14.1. The fraction of sp³-hybridized carbons (Fsp3) is 0.0172. The van der Waals surface area contributed by atoms with Gasteiger partial charge in [-0.2, -0.15) is 0 Å². The molecule has 2 aliphatic carbocycles. The van der Waals surface area contributed by atoms with Crippen LogP contribution in [0.2, 0.25) is 0 Å². The Labute approximate surface area is 363 Å². The lowest BCUT2D eigenvalue weighted by atomic mass is 9.70. The lowest BCUT2D eigenvalue weighted by Crippen LogP contribution is -2.25. The van der Waals surface area contributed by atoms with Gasteiger partial charge < -0.3 is 0 Å². The second kappa shape index (κ2) is 13.6. The van der Waals surface area contributed by atoms with Crippen molar-refractivity contribution < 1.29 is 0 Å². The van der Waals surface area contributed by atoms with Crippen LogP contribution in [0.1, 0.15) is 22.3 Å². The summed E-state index contributed by atoms with van der Waals surface area (Å²) in [7, 11) is 0. The predicted octanol–water partition coefficient (Wildman–Crippen LogP) is 14.9. The molecule has 9 aromatic carbocycles. The molecule has 0 unspecified atom stereocenters. The van der Waals surface area contributed by atoms with Gasteiger partial charge in [0, 0.05) is 42.4 Å². The fourth-order valence-electron chi connectivity index (χ4n) is 10.4. The summed E-state index contributed by atoms with van der Waals surface area (Å²) in [4.78, 5) is 15.5. The first kappa shape index (κ1) is 35.0. The second-order valence-corrected chi connectivity index (χ2v) is 17.3. The van der Waals surface area contributed by atoms with Crippen LogP contribution in [0.15, 0.2) is 212 Å². The van der Waals surface area contributed by atoms with E-state index in [1.54, 1.807) is 0 Å². The number of aromatic nitrogens is 3. The summed E-state index contributed by atoms with van der Waals surface area (Å²) >= 11 is 1.83. The van der Waals surface area contributed by atoms with Gasteiger partial charge in [0.1, 0.15) is 0 Å². The van der Waals surface area contributed by atoms with E-state index in [-0.39, 0.29) is 0 Å². The maximum absolute atomic E-state index is 5.26. The van der Waals surface area contributed by atoms with Crippen LogP contribution < -0.4 is 0 Å². The van der Waals surface area contributed by atoms with Gasteiger partial charge in [-0.3, -0.25) is 0 Å². The molecule has 62 heavy (non-hydrogen) atoms. The highest BCUT2D eigenvalue weighted by molar-refractivity contribution is 7.26. The van der Waals surface area contributed by atoms with Gasteiger partial charge in [0.05, 0.1) is 5.41 Å². The SMILES string of the molecule is c1ccc(-c2nc(-c3ccccc3)nc(-c3ccc4sc5ccccc5c4c3-c3cccc(-c4ccc5c(c4)C4(c6ccccc6-c6ccccc64)c4ccccc4-5)c3)n2)cc1. The van der Waals surface area contributed by atoms with Gasteiger partial charge in [-0.1, -0.05) is 182 Å². The molecule has 0 aliphatic heterocycles. The van der Waals surface area contributed by atoms with Crippen molar-refractivity contribution in [3.05, 3.63) is 235 Å². The molecule has 13 rings (SSSR count). The molecule has 288 valence electrons. The van der Waals surface area contributed by atoms with Gasteiger partial charge in [-0.25, -0.2) is 15.0 Å². The zero-order valence-electron chi connectivity index (χ0n) is 33.5. The number of benzene rings is 9. The molecule has 2 aliphatic rings. The van der Waals surface area contributed by atoms with E-state index in [0.29, 0.717) is 17.5 Å². The van der Waals surface area contributed by atoms with Crippen molar-refractivity contribution in [1.82, 2.24) is 15.0 Å². The van der Waals surface area contributed by atoms with Crippen LogP contribution in [0.25, 0.3) is 98.8 Å². The Kier molecular flexibility index (Phi) is 7.69. The molecule has 0 radical (unpaired) electrons. The average molecular weight is 806 g/mol. The third-order valence-electron chi connectivity index (χ3n) is 13.0.